The van der Waals surface area contributed by atoms with Crippen LogP contribution in [-0.2, 0) is 6.42 Å². The van der Waals surface area contributed by atoms with Crippen LogP contribution in [0.1, 0.15) is 34.7 Å². The zero-order chi connectivity index (χ0) is 35.3. The molecule has 1 atom stereocenters. The van der Waals surface area contributed by atoms with Crippen LogP contribution in [0.25, 0.3) is 40.0 Å². The molecule has 7 nitrogen and oxygen atoms in total. The van der Waals surface area contributed by atoms with Crippen LogP contribution >= 0.6 is 11.3 Å². The molecule has 2 aromatic heterocycles. The molecule has 5 aromatic carbocycles. The number of hydrogen-bond acceptors (Lipinski definition) is 5. The Balaban J connectivity index is 1.31. The zero-order valence-corrected chi connectivity index (χ0v) is 28.5. The largest absolute Gasteiger partial charge is 0.309 e. The Labute approximate surface area is 301 Å². The van der Waals surface area contributed by atoms with Crippen LogP contribution in [0.5, 0.6) is 0 Å². The second-order valence-corrected chi connectivity index (χ2v) is 13.8. The van der Waals surface area contributed by atoms with Crippen molar-refractivity contribution in [2.45, 2.75) is 18.9 Å². The average molecular weight is 701 g/mol. The number of nitro benzene ring substituents is 1. The predicted octanol–water partition coefficient (Wildman–Crippen LogP) is 8.49. The van der Waals surface area contributed by atoms with Gasteiger partial charge in [0.1, 0.15) is 5.82 Å². The van der Waals surface area contributed by atoms with Gasteiger partial charge in [-0.25, -0.2) is 9.38 Å². The van der Waals surface area contributed by atoms with Gasteiger partial charge in [-0.05, 0) is 77.1 Å². The molecule has 1 aliphatic heterocycles. The highest BCUT2D eigenvalue weighted by Gasteiger charge is 2.33. The van der Waals surface area contributed by atoms with Crippen molar-refractivity contribution in [2.24, 2.45) is 4.99 Å². The highest BCUT2D eigenvalue weighted by atomic mass is 32.1. The first-order valence-corrected chi connectivity index (χ1v) is 17.8. The van der Waals surface area contributed by atoms with Crippen molar-refractivity contribution in [1.82, 2.24) is 9.13 Å². The first-order valence-electron chi connectivity index (χ1n) is 16.9. The third-order valence-electron chi connectivity index (χ3n) is 9.81. The van der Waals surface area contributed by atoms with Gasteiger partial charge in [-0.3, -0.25) is 19.5 Å². The molecule has 9 heteroatoms. The van der Waals surface area contributed by atoms with Gasteiger partial charge in [-0.2, -0.15) is 0 Å². The molecule has 0 N–H and O–H groups in total. The minimum Gasteiger partial charge on any atom is -0.309 e. The number of nitro groups is 1. The van der Waals surface area contributed by atoms with E-state index in [2.05, 4.69) is 22.8 Å². The molecule has 252 valence electrons. The van der Waals surface area contributed by atoms with E-state index in [1.165, 1.54) is 41.2 Å². The van der Waals surface area contributed by atoms with Crippen LogP contribution in [0.3, 0.4) is 0 Å². The standard InChI is InChI=1S/C43H29FN4O3S/c44-32-18-15-30(16-19-32)41-36-24-17-27-9-7-8-14-35(27)39(36)45-43-47(41)42(49)38(52-43)26-31-25-37(28-10-3-1-4-11-28)46(40(31)29-12-5-2-6-13-29)33-20-22-34(23-21-33)48(50)51/h1-16,18-23,25-26,41H,17,24H2/b38-26+/t41-/m1/s1. The SMILES string of the molecule is O=c1/c(=C\c2cc(-c3ccccc3)n(-c3ccc([N+](=O)[O-])cc3)c2-c2ccccc2)sc2n1[C@H](c1ccc(F)cc1)C1=C(N=2)c2ccccc2CC1. The Morgan fingerprint density at radius 3 is 2.19 bits per heavy atom. The predicted molar refractivity (Wildman–Crippen MR) is 202 cm³/mol. The molecule has 0 spiro atoms. The van der Waals surface area contributed by atoms with Gasteiger partial charge in [0.2, 0.25) is 0 Å². The van der Waals surface area contributed by atoms with Crippen molar-refractivity contribution in [3.63, 3.8) is 0 Å². The maximum Gasteiger partial charge on any atom is 0.271 e. The van der Waals surface area contributed by atoms with Crippen LogP contribution in [-0.4, -0.2) is 14.1 Å². The lowest BCUT2D eigenvalue weighted by molar-refractivity contribution is -0.384. The van der Waals surface area contributed by atoms with Crippen LogP contribution < -0.4 is 14.9 Å². The van der Waals surface area contributed by atoms with Gasteiger partial charge in [-0.15, -0.1) is 0 Å². The van der Waals surface area contributed by atoms with Crippen molar-refractivity contribution < 1.29 is 9.31 Å². The number of rotatable bonds is 6. The number of halogens is 1. The van der Waals surface area contributed by atoms with E-state index in [1.54, 1.807) is 28.8 Å². The topological polar surface area (TPSA) is 82.4 Å². The number of nitrogens with zero attached hydrogens (tertiary/aromatic N) is 4. The van der Waals surface area contributed by atoms with E-state index >= 15 is 0 Å². The summed E-state index contributed by atoms with van der Waals surface area (Å²) in [4.78, 5) is 31.6. The van der Waals surface area contributed by atoms with E-state index < -0.39 is 11.0 Å². The van der Waals surface area contributed by atoms with Gasteiger partial charge in [-0.1, -0.05) is 108 Å². The van der Waals surface area contributed by atoms with E-state index in [1.807, 2.05) is 78.9 Å². The number of aromatic nitrogens is 2. The third-order valence-corrected chi connectivity index (χ3v) is 10.8. The monoisotopic (exact) mass is 700 g/mol. The number of fused-ring (bicyclic) bond motifs is 3. The van der Waals surface area contributed by atoms with Crippen molar-refractivity contribution in [3.05, 3.63) is 203 Å². The number of thiazole rings is 1. The fourth-order valence-electron chi connectivity index (χ4n) is 7.45. The second-order valence-electron chi connectivity index (χ2n) is 12.8. The van der Waals surface area contributed by atoms with Gasteiger partial charge in [0.05, 0.1) is 32.6 Å². The highest BCUT2D eigenvalue weighted by Crippen LogP contribution is 2.41. The summed E-state index contributed by atoms with van der Waals surface area (Å²) < 4.78 is 18.6. The van der Waals surface area contributed by atoms with Gasteiger partial charge in [0, 0.05) is 28.9 Å². The number of benzene rings is 5. The molecule has 0 bridgehead atoms. The molecule has 9 rings (SSSR count). The smallest absolute Gasteiger partial charge is 0.271 e. The first kappa shape index (κ1) is 31.5. The maximum atomic E-state index is 14.7. The summed E-state index contributed by atoms with van der Waals surface area (Å²) in [5.74, 6) is -0.334. The van der Waals surface area contributed by atoms with Crippen LogP contribution in [0, 0.1) is 15.9 Å². The lowest BCUT2D eigenvalue weighted by Crippen LogP contribution is -2.38. The molecule has 7 aromatic rings. The Morgan fingerprint density at radius 2 is 1.48 bits per heavy atom. The summed E-state index contributed by atoms with van der Waals surface area (Å²) in [7, 11) is 0. The fraction of sp³-hybridized carbons (Fsp3) is 0.0698. The Hall–Kier alpha value is -6.45. The summed E-state index contributed by atoms with van der Waals surface area (Å²) in [5, 5.41) is 11.6. The zero-order valence-electron chi connectivity index (χ0n) is 27.6. The molecule has 0 radical (unpaired) electrons. The van der Waals surface area contributed by atoms with Crippen molar-refractivity contribution in [3.8, 4) is 28.2 Å². The minimum atomic E-state index is -0.430. The normalized spacial score (nSPS) is 15.1. The molecule has 1 aliphatic carbocycles. The number of hydrogen-bond donors (Lipinski definition) is 0. The van der Waals surface area contributed by atoms with Crippen LogP contribution in [0.4, 0.5) is 10.1 Å². The second kappa shape index (κ2) is 12.7. The van der Waals surface area contributed by atoms with E-state index in [0.717, 1.165) is 69.0 Å². The molecule has 0 amide bonds. The number of non-ortho nitro benzene ring substituents is 1. The summed E-state index contributed by atoms with van der Waals surface area (Å²) in [6.45, 7) is 0. The van der Waals surface area contributed by atoms with E-state index in [9.17, 15) is 19.3 Å². The Morgan fingerprint density at radius 1 is 0.808 bits per heavy atom. The van der Waals surface area contributed by atoms with Gasteiger partial charge < -0.3 is 4.57 Å². The van der Waals surface area contributed by atoms with Crippen molar-refractivity contribution in [2.75, 3.05) is 0 Å². The van der Waals surface area contributed by atoms with Gasteiger partial charge in [0.25, 0.3) is 11.2 Å². The number of allylic oxidation sites excluding steroid dienone is 1. The average Bonchev–Trinajstić information content (AvgIpc) is 3.71. The maximum absolute atomic E-state index is 14.7. The Kier molecular flexibility index (Phi) is 7.70. The molecule has 0 saturated carbocycles. The quantitative estimate of drug-likeness (QED) is 0.129. The Bertz CT molecular complexity index is 2730. The molecule has 52 heavy (non-hydrogen) atoms. The third kappa shape index (κ3) is 5.34. The van der Waals surface area contributed by atoms with Gasteiger partial charge in [0.15, 0.2) is 4.80 Å². The molecular formula is C43H29FN4O3S. The molecular weight excluding hydrogens is 672 g/mol. The first-order chi connectivity index (χ1) is 25.4. The molecule has 0 unspecified atom stereocenters. The fourth-order valence-corrected chi connectivity index (χ4v) is 8.45. The number of aryl methyl sites for hydroxylation is 1. The van der Waals surface area contributed by atoms with E-state index in [4.69, 9.17) is 4.99 Å². The molecule has 0 fully saturated rings. The molecule has 0 saturated heterocycles. The summed E-state index contributed by atoms with van der Waals surface area (Å²) >= 11 is 1.34. The van der Waals surface area contributed by atoms with Gasteiger partial charge >= 0.3 is 0 Å². The molecule has 3 heterocycles. The van der Waals surface area contributed by atoms with Crippen LogP contribution in [0.15, 0.2) is 155 Å². The highest BCUT2D eigenvalue weighted by molar-refractivity contribution is 7.07. The lowest BCUT2D eigenvalue weighted by atomic mass is 9.83. The van der Waals surface area contributed by atoms with Crippen molar-refractivity contribution in [1.29, 1.82) is 0 Å². The van der Waals surface area contributed by atoms with Crippen LogP contribution in [0.2, 0.25) is 0 Å². The summed E-state index contributed by atoms with van der Waals surface area (Å²) in [5.41, 5.74) is 9.97. The lowest BCUT2D eigenvalue weighted by Gasteiger charge is -2.30. The molecule has 2 aliphatic rings. The minimum absolute atomic E-state index is 0.000732. The summed E-state index contributed by atoms with van der Waals surface area (Å²) in [6, 6.07) is 42.7. The summed E-state index contributed by atoms with van der Waals surface area (Å²) in [6.07, 6.45) is 3.49. The van der Waals surface area contributed by atoms with E-state index in [0.29, 0.717) is 9.33 Å². The van der Waals surface area contributed by atoms with E-state index in [-0.39, 0.29) is 17.1 Å². The van der Waals surface area contributed by atoms with Crippen molar-refractivity contribution >= 4 is 28.8 Å².